The third-order valence-corrected chi connectivity index (χ3v) is 4.43. The largest absolute Gasteiger partial charge is 0.490 e. The fourth-order valence-corrected chi connectivity index (χ4v) is 3.04. The maximum Gasteiger partial charge on any atom is 0.184 e. The van der Waals surface area contributed by atoms with E-state index in [9.17, 15) is 4.39 Å². The summed E-state index contributed by atoms with van der Waals surface area (Å²) < 4.78 is 19.8. The number of halogens is 2. The van der Waals surface area contributed by atoms with E-state index in [2.05, 4.69) is 25.2 Å². The van der Waals surface area contributed by atoms with Crippen LogP contribution in [0.2, 0.25) is 5.02 Å². The van der Waals surface area contributed by atoms with Gasteiger partial charge in [0.25, 0.3) is 0 Å². The lowest BCUT2D eigenvalue weighted by atomic mass is 9.86. The Hall–Kier alpha value is -1.28. The molecule has 2 rings (SSSR count). The van der Waals surface area contributed by atoms with Crippen molar-refractivity contribution in [3.05, 3.63) is 46.8 Å². The highest BCUT2D eigenvalue weighted by molar-refractivity contribution is 6.32. The molecule has 0 radical (unpaired) electrons. The fraction of sp³-hybridized carbons (Fsp3) is 0.474. The molecule has 1 nitrogen and oxygen atoms in total. The number of hydrogen-bond acceptors (Lipinski definition) is 1. The molecule has 1 atom stereocenters. The number of benzene rings is 1. The van der Waals surface area contributed by atoms with Crippen LogP contribution in [0.25, 0.3) is 5.57 Å². The van der Waals surface area contributed by atoms with Crippen molar-refractivity contribution in [1.29, 1.82) is 0 Å². The summed E-state index contributed by atoms with van der Waals surface area (Å²) in [5.74, 6) is 0.408. The van der Waals surface area contributed by atoms with E-state index in [1.165, 1.54) is 0 Å². The van der Waals surface area contributed by atoms with Gasteiger partial charge in [0.2, 0.25) is 0 Å². The first-order chi connectivity index (χ1) is 10.7. The zero-order valence-electron chi connectivity index (χ0n) is 13.4. The predicted molar refractivity (Wildman–Crippen MR) is 91.9 cm³/mol. The Bertz CT molecular complexity index is 563. The van der Waals surface area contributed by atoms with Crippen molar-refractivity contribution in [3.8, 4) is 5.75 Å². The minimum atomic E-state index is -0.438. The van der Waals surface area contributed by atoms with Gasteiger partial charge in [-0.3, -0.25) is 0 Å². The molecule has 1 aliphatic carbocycles. The molecule has 0 bridgehead atoms. The average molecular weight is 323 g/mol. The normalized spacial score (nSPS) is 18.5. The van der Waals surface area contributed by atoms with Gasteiger partial charge in [0.15, 0.2) is 11.6 Å². The third kappa shape index (κ3) is 4.13. The van der Waals surface area contributed by atoms with Gasteiger partial charge in [-0.05, 0) is 61.8 Å². The number of rotatable bonds is 6. The van der Waals surface area contributed by atoms with E-state index in [1.807, 2.05) is 13.0 Å². The molecule has 0 saturated carbocycles. The van der Waals surface area contributed by atoms with Crippen LogP contribution >= 0.6 is 11.6 Å². The molecule has 3 heteroatoms. The van der Waals surface area contributed by atoms with Crippen LogP contribution in [0.3, 0.4) is 0 Å². The fourth-order valence-electron chi connectivity index (χ4n) is 2.76. The number of ether oxygens (including phenoxy) is 1. The Balaban J connectivity index is 2.14. The molecule has 1 aromatic carbocycles. The summed E-state index contributed by atoms with van der Waals surface area (Å²) in [6, 6.07) is 3.58. The highest BCUT2D eigenvalue weighted by atomic mass is 35.5. The topological polar surface area (TPSA) is 9.23 Å². The van der Waals surface area contributed by atoms with Crippen molar-refractivity contribution in [1.82, 2.24) is 0 Å². The van der Waals surface area contributed by atoms with E-state index in [0.717, 1.165) is 43.2 Å². The van der Waals surface area contributed by atoms with E-state index in [1.54, 1.807) is 6.07 Å². The summed E-state index contributed by atoms with van der Waals surface area (Å²) in [5.41, 5.74) is 1.95. The minimum absolute atomic E-state index is 0.185. The molecule has 120 valence electrons. The highest BCUT2D eigenvalue weighted by Gasteiger charge is 2.19. The second-order valence-electron chi connectivity index (χ2n) is 5.73. The molecule has 1 unspecified atom stereocenters. The third-order valence-electron chi connectivity index (χ3n) is 4.06. The Morgan fingerprint density at radius 1 is 1.41 bits per heavy atom. The van der Waals surface area contributed by atoms with Gasteiger partial charge in [-0.15, -0.1) is 0 Å². The monoisotopic (exact) mass is 322 g/mol. The quantitative estimate of drug-likeness (QED) is 0.434. The van der Waals surface area contributed by atoms with Crippen molar-refractivity contribution >= 4 is 17.2 Å². The van der Waals surface area contributed by atoms with Crippen LogP contribution in [-0.4, -0.2) is 6.61 Å². The van der Waals surface area contributed by atoms with Gasteiger partial charge in [-0.25, -0.2) is 4.39 Å². The Labute approximate surface area is 137 Å². The molecule has 0 saturated heterocycles. The molecule has 1 aliphatic rings. The number of hydrogen-bond donors (Lipinski definition) is 0. The van der Waals surface area contributed by atoms with E-state index < -0.39 is 5.82 Å². The van der Waals surface area contributed by atoms with Gasteiger partial charge >= 0.3 is 0 Å². The van der Waals surface area contributed by atoms with E-state index in [-0.39, 0.29) is 10.8 Å². The van der Waals surface area contributed by atoms with Crippen molar-refractivity contribution in [3.63, 3.8) is 0 Å². The summed E-state index contributed by atoms with van der Waals surface area (Å²) in [4.78, 5) is 0. The predicted octanol–water partition coefficient (Wildman–Crippen LogP) is 6.42. The lowest BCUT2D eigenvalue weighted by molar-refractivity contribution is 0.294. The second-order valence-corrected chi connectivity index (χ2v) is 6.11. The van der Waals surface area contributed by atoms with Gasteiger partial charge in [-0.1, -0.05) is 43.2 Å². The Morgan fingerprint density at radius 3 is 2.86 bits per heavy atom. The maximum absolute atomic E-state index is 14.3. The van der Waals surface area contributed by atoms with Crippen molar-refractivity contribution < 1.29 is 9.13 Å². The van der Waals surface area contributed by atoms with Crippen LogP contribution in [-0.2, 0) is 0 Å². The minimum Gasteiger partial charge on any atom is -0.490 e. The molecular formula is C19H24ClFO. The highest BCUT2D eigenvalue weighted by Crippen LogP contribution is 2.37. The number of unbranched alkanes of at least 4 members (excludes halogenated alkanes) is 1. The lowest BCUT2D eigenvalue weighted by Gasteiger charge is -2.20. The molecule has 1 aromatic rings. The standard InChI is InChI=1S/C19H24ClFO/c1-3-5-13-22-17-12-11-16(18(20)19(17)21)15-9-7-14(6-4-2)8-10-15/h4,6,9,11-12,14H,3,5,7-8,10,13H2,1-2H3/b6-4+. The Morgan fingerprint density at radius 2 is 2.23 bits per heavy atom. The first kappa shape index (κ1) is 17.1. The van der Waals surface area contributed by atoms with Gasteiger partial charge in [0.1, 0.15) is 0 Å². The molecule has 22 heavy (non-hydrogen) atoms. The van der Waals surface area contributed by atoms with E-state index in [4.69, 9.17) is 16.3 Å². The number of allylic oxidation sites excluding steroid dienone is 4. The summed E-state index contributed by atoms with van der Waals surface area (Å²) in [6.07, 6.45) is 11.5. The molecule has 0 heterocycles. The van der Waals surface area contributed by atoms with Crippen LogP contribution < -0.4 is 4.74 Å². The van der Waals surface area contributed by atoms with E-state index >= 15 is 0 Å². The molecule has 0 amide bonds. The van der Waals surface area contributed by atoms with Crippen LogP contribution in [0.1, 0.15) is 51.5 Å². The summed E-state index contributed by atoms with van der Waals surface area (Å²) in [7, 11) is 0. The van der Waals surface area contributed by atoms with Gasteiger partial charge in [-0.2, -0.15) is 0 Å². The van der Waals surface area contributed by atoms with Crippen molar-refractivity contribution in [2.24, 2.45) is 5.92 Å². The molecule has 0 spiro atoms. The zero-order valence-corrected chi connectivity index (χ0v) is 14.1. The van der Waals surface area contributed by atoms with Crippen molar-refractivity contribution in [2.75, 3.05) is 6.61 Å². The first-order valence-corrected chi connectivity index (χ1v) is 8.48. The van der Waals surface area contributed by atoms with Crippen LogP contribution in [0, 0.1) is 11.7 Å². The average Bonchev–Trinajstić information content (AvgIpc) is 2.53. The van der Waals surface area contributed by atoms with Crippen LogP contribution in [0.4, 0.5) is 4.39 Å². The van der Waals surface area contributed by atoms with Crippen LogP contribution in [0.15, 0.2) is 30.4 Å². The van der Waals surface area contributed by atoms with Crippen molar-refractivity contribution in [2.45, 2.75) is 46.0 Å². The van der Waals surface area contributed by atoms with E-state index in [0.29, 0.717) is 12.5 Å². The zero-order chi connectivity index (χ0) is 15.9. The SMILES string of the molecule is C/C=C/C1CC=C(c2ccc(OCCCC)c(F)c2Cl)CC1. The van der Waals surface area contributed by atoms with Gasteiger partial charge < -0.3 is 4.74 Å². The molecular weight excluding hydrogens is 299 g/mol. The lowest BCUT2D eigenvalue weighted by Crippen LogP contribution is -2.04. The summed E-state index contributed by atoms with van der Waals surface area (Å²) >= 11 is 6.23. The molecule has 0 aliphatic heterocycles. The summed E-state index contributed by atoms with van der Waals surface area (Å²) in [5, 5.41) is 0.185. The van der Waals surface area contributed by atoms with Gasteiger partial charge in [0, 0.05) is 0 Å². The summed E-state index contributed by atoms with van der Waals surface area (Å²) in [6.45, 7) is 4.64. The maximum atomic E-state index is 14.3. The molecule has 0 N–H and O–H groups in total. The van der Waals surface area contributed by atoms with Gasteiger partial charge in [0.05, 0.1) is 11.6 Å². The first-order valence-electron chi connectivity index (χ1n) is 8.10. The molecule has 0 aromatic heterocycles. The Kier molecular flexibility index (Phi) is 6.50. The smallest absolute Gasteiger partial charge is 0.184 e. The second kappa shape index (κ2) is 8.38. The van der Waals surface area contributed by atoms with Crippen LogP contribution in [0.5, 0.6) is 5.75 Å². The molecule has 0 fully saturated rings.